The highest BCUT2D eigenvalue weighted by atomic mass is 16.3. The van der Waals surface area contributed by atoms with E-state index in [2.05, 4.69) is 17.1 Å². The fourth-order valence-electron chi connectivity index (χ4n) is 3.27. The summed E-state index contributed by atoms with van der Waals surface area (Å²) < 4.78 is 0. The van der Waals surface area contributed by atoms with E-state index in [1.165, 1.54) is 11.8 Å². The van der Waals surface area contributed by atoms with Gasteiger partial charge in [0.2, 0.25) is 0 Å². The van der Waals surface area contributed by atoms with Gasteiger partial charge in [-0.1, -0.05) is 24.3 Å². The number of ketones is 1. The van der Waals surface area contributed by atoms with Gasteiger partial charge in [-0.25, -0.2) is 4.99 Å². The van der Waals surface area contributed by atoms with Gasteiger partial charge in [0.15, 0.2) is 0 Å². The standard InChI is InChI=1S/C19H26N2O2/c1-13(22)11-15-3-5-16(6-4-15)17-7-9-18(10-8-17)19(23)12-21-14(2)20/h7-10,12,15-16,23H,3-6,11H2,1-2H3,(H2,20,21)/b19-12-. The highest BCUT2D eigenvalue weighted by molar-refractivity contribution is 5.78. The normalized spacial score (nSPS) is 22.9. The molecule has 23 heavy (non-hydrogen) atoms. The second kappa shape index (κ2) is 7.95. The lowest BCUT2D eigenvalue weighted by Gasteiger charge is -2.28. The van der Waals surface area contributed by atoms with Crippen molar-refractivity contribution in [2.45, 2.75) is 51.9 Å². The summed E-state index contributed by atoms with van der Waals surface area (Å²) in [6.45, 7) is 3.36. The minimum absolute atomic E-state index is 0.117. The second-order valence-electron chi connectivity index (χ2n) is 6.53. The fraction of sp³-hybridized carbons (Fsp3) is 0.474. The van der Waals surface area contributed by atoms with Crippen LogP contribution in [0.2, 0.25) is 0 Å². The van der Waals surface area contributed by atoms with Gasteiger partial charge in [0.1, 0.15) is 11.5 Å². The Bertz CT molecular complexity index is 590. The maximum absolute atomic E-state index is 11.2. The predicted molar refractivity (Wildman–Crippen MR) is 94.3 cm³/mol. The van der Waals surface area contributed by atoms with Crippen LogP contribution in [0.3, 0.4) is 0 Å². The van der Waals surface area contributed by atoms with E-state index in [4.69, 9.17) is 5.73 Å². The molecule has 0 spiro atoms. The number of Topliss-reactive ketones (excluding diaryl/α,β-unsaturated/α-hetero) is 1. The van der Waals surface area contributed by atoms with Crippen LogP contribution >= 0.6 is 0 Å². The first-order valence-corrected chi connectivity index (χ1v) is 8.24. The molecule has 3 N–H and O–H groups in total. The zero-order chi connectivity index (χ0) is 16.8. The van der Waals surface area contributed by atoms with Crippen molar-refractivity contribution < 1.29 is 9.90 Å². The molecule has 4 heteroatoms. The van der Waals surface area contributed by atoms with Crippen LogP contribution in [0.5, 0.6) is 0 Å². The van der Waals surface area contributed by atoms with Crippen molar-refractivity contribution in [2.24, 2.45) is 16.6 Å². The number of aliphatic imine (C=N–C) groups is 1. The Morgan fingerprint density at radius 1 is 1.22 bits per heavy atom. The Morgan fingerprint density at radius 2 is 1.83 bits per heavy atom. The Morgan fingerprint density at radius 3 is 2.35 bits per heavy atom. The molecule has 0 unspecified atom stereocenters. The molecule has 2 rings (SSSR count). The number of hydrogen-bond donors (Lipinski definition) is 2. The lowest BCUT2D eigenvalue weighted by atomic mass is 9.77. The topological polar surface area (TPSA) is 75.7 Å². The number of aliphatic hydroxyl groups excluding tert-OH is 1. The number of nitrogens with zero attached hydrogens (tertiary/aromatic N) is 1. The Kier molecular flexibility index (Phi) is 5.97. The van der Waals surface area contributed by atoms with Crippen LogP contribution in [0.1, 0.15) is 63.0 Å². The zero-order valence-electron chi connectivity index (χ0n) is 14.0. The van der Waals surface area contributed by atoms with Crippen molar-refractivity contribution in [1.29, 1.82) is 0 Å². The molecule has 1 fully saturated rings. The van der Waals surface area contributed by atoms with Crippen molar-refractivity contribution in [3.8, 4) is 0 Å². The summed E-state index contributed by atoms with van der Waals surface area (Å²) in [5.41, 5.74) is 7.50. The third kappa shape index (κ3) is 5.23. The molecule has 4 nitrogen and oxygen atoms in total. The van der Waals surface area contributed by atoms with Gasteiger partial charge in [-0.3, -0.25) is 0 Å². The van der Waals surface area contributed by atoms with Crippen LogP contribution in [0.15, 0.2) is 35.5 Å². The minimum Gasteiger partial charge on any atom is -0.506 e. The van der Waals surface area contributed by atoms with E-state index >= 15 is 0 Å². The molecule has 0 aliphatic heterocycles. The van der Waals surface area contributed by atoms with E-state index in [0.29, 0.717) is 23.5 Å². The van der Waals surface area contributed by atoms with Crippen LogP contribution in [-0.4, -0.2) is 16.7 Å². The quantitative estimate of drug-likeness (QED) is 0.486. The van der Waals surface area contributed by atoms with E-state index in [-0.39, 0.29) is 5.76 Å². The summed E-state index contributed by atoms with van der Waals surface area (Å²) >= 11 is 0. The molecule has 0 aromatic heterocycles. The summed E-state index contributed by atoms with van der Waals surface area (Å²) in [4.78, 5) is 15.1. The van der Waals surface area contributed by atoms with Crippen LogP contribution in [-0.2, 0) is 4.79 Å². The fourth-order valence-corrected chi connectivity index (χ4v) is 3.27. The molecule has 1 aromatic carbocycles. The van der Waals surface area contributed by atoms with Gasteiger partial charge in [0.25, 0.3) is 0 Å². The molecule has 0 atom stereocenters. The molecule has 0 amide bonds. The highest BCUT2D eigenvalue weighted by Crippen LogP contribution is 2.37. The van der Waals surface area contributed by atoms with Crippen molar-refractivity contribution >= 4 is 17.4 Å². The third-order valence-electron chi connectivity index (χ3n) is 4.49. The summed E-state index contributed by atoms with van der Waals surface area (Å²) in [7, 11) is 0. The van der Waals surface area contributed by atoms with Gasteiger partial charge in [-0.15, -0.1) is 0 Å². The average Bonchev–Trinajstić information content (AvgIpc) is 2.53. The van der Waals surface area contributed by atoms with Gasteiger partial charge >= 0.3 is 0 Å². The molecule has 1 aliphatic rings. The second-order valence-corrected chi connectivity index (χ2v) is 6.53. The summed E-state index contributed by atoms with van der Waals surface area (Å²) in [5, 5.41) is 9.96. The number of carbonyl (C=O) groups is 1. The molecular formula is C19H26N2O2. The van der Waals surface area contributed by atoms with E-state index in [1.807, 2.05) is 12.1 Å². The SMILES string of the molecule is CC(=O)CC1CCC(c2ccc(/C(O)=C/N=C(C)N)cc2)CC1. The number of hydrogen-bond acceptors (Lipinski definition) is 3. The smallest absolute Gasteiger partial charge is 0.141 e. The first-order valence-electron chi connectivity index (χ1n) is 8.24. The van der Waals surface area contributed by atoms with Gasteiger partial charge in [0, 0.05) is 12.0 Å². The van der Waals surface area contributed by atoms with Crippen molar-refractivity contribution in [1.82, 2.24) is 0 Å². The van der Waals surface area contributed by atoms with E-state index in [1.54, 1.807) is 13.8 Å². The molecule has 0 bridgehead atoms. The number of carbonyl (C=O) groups excluding carboxylic acids is 1. The third-order valence-corrected chi connectivity index (χ3v) is 4.49. The lowest BCUT2D eigenvalue weighted by molar-refractivity contribution is -0.118. The van der Waals surface area contributed by atoms with Crippen LogP contribution < -0.4 is 5.73 Å². The van der Waals surface area contributed by atoms with E-state index in [9.17, 15) is 9.90 Å². The van der Waals surface area contributed by atoms with E-state index in [0.717, 1.165) is 37.7 Å². The van der Waals surface area contributed by atoms with Crippen LogP contribution in [0, 0.1) is 5.92 Å². The largest absolute Gasteiger partial charge is 0.506 e. The molecule has 1 aliphatic carbocycles. The van der Waals surface area contributed by atoms with Gasteiger partial charge in [-0.2, -0.15) is 0 Å². The number of aliphatic hydroxyl groups is 1. The molecule has 0 radical (unpaired) electrons. The van der Waals surface area contributed by atoms with Gasteiger partial charge < -0.3 is 15.6 Å². The van der Waals surface area contributed by atoms with Crippen molar-refractivity contribution in [2.75, 3.05) is 0 Å². The zero-order valence-corrected chi connectivity index (χ0v) is 14.0. The van der Waals surface area contributed by atoms with Crippen molar-refractivity contribution in [3.63, 3.8) is 0 Å². The van der Waals surface area contributed by atoms with Crippen molar-refractivity contribution in [3.05, 3.63) is 41.6 Å². The first kappa shape index (κ1) is 17.3. The Balaban J connectivity index is 1.97. The molecule has 1 saturated carbocycles. The number of nitrogens with two attached hydrogens (primary N) is 1. The Hall–Kier alpha value is -2.10. The molecule has 1 aromatic rings. The maximum atomic E-state index is 11.2. The van der Waals surface area contributed by atoms with Crippen LogP contribution in [0.25, 0.3) is 5.76 Å². The summed E-state index contributed by atoms with van der Waals surface area (Å²) in [6, 6.07) is 8.00. The molecular weight excluding hydrogens is 288 g/mol. The number of rotatable bonds is 5. The van der Waals surface area contributed by atoms with Gasteiger partial charge in [-0.05, 0) is 56.9 Å². The number of benzene rings is 1. The molecule has 0 saturated heterocycles. The summed E-state index contributed by atoms with van der Waals surface area (Å²) in [5.74, 6) is 1.95. The number of amidine groups is 1. The van der Waals surface area contributed by atoms with Crippen LogP contribution in [0.4, 0.5) is 0 Å². The lowest BCUT2D eigenvalue weighted by Crippen LogP contribution is -2.15. The monoisotopic (exact) mass is 314 g/mol. The maximum Gasteiger partial charge on any atom is 0.141 e. The molecule has 124 valence electrons. The average molecular weight is 314 g/mol. The molecule has 0 heterocycles. The summed E-state index contributed by atoms with van der Waals surface area (Å²) in [6.07, 6.45) is 6.62. The minimum atomic E-state index is 0.117. The Labute approximate surface area is 138 Å². The highest BCUT2D eigenvalue weighted by Gasteiger charge is 2.23. The predicted octanol–water partition coefficient (Wildman–Crippen LogP) is 4.17. The first-order chi connectivity index (χ1) is 11.0. The van der Waals surface area contributed by atoms with Gasteiger partial charge in [0.05, 0.1) is 12.0 Å². The van der Waals surface area contributed by atoms with E-state index < -0.39 is 0 Å².